The van der Waals surface area contributed by atoms with Crippen LogP contribution in [-0.4, -0.2) is 22.5 Å². The molecule has 0 unspecified atom stereocenters. The van der Waals surface area contributed by atoms with E-state index in [9.17, 15) is 18.8 Å². The molecule has 0 fully saturated rings. The van der Waals surface area contributed by atoms with Gasteiger partial charge >= 0.3 is 0 Å². The van der Waals surface area contributed by atoms with Gasteiger partial charge in [0.2, 0.25) is 5.78 Å². The Morgan fingerprint density at radius 1 is 1.14 bits per heavy atom. The molecule has 0 bridgehead atoms. The lowest BCUT2D eigenvalue weighted by Crippen LogP contribution is -2.25. The molecule has 2 rings (SSSR count). The van der Waals surface area contributed by atoms with Crippen LogP contribution in [0.4, 0.5) is 10.1 Å². The smallest absolute Gasteiger partial charge is 0.292 e. The fraction of sp³-hybridized carbons (Fsp3) is 0.125. The number of hydrogen-bond donors (Lipinski definition) is 1. The number of Topliss-reactive ketones (excluding diaryl/α,β-unsaturated/α-hetero) is 2. The van der Waals surface area contributed by atoms with E-state index in [2.05, 4.69) is 10.3 Å². The minimum Gasteiger partial charge on any atom is -0.318 e. The molecule has 0 aliphatic rings. The maximum atomic E-state index is 12.8. The van der Waals surface area contributed by atoms with Gasteiger partial charge < -0.3 is 5.32 Å². The van der Waals surface area contributed by atoms with Gasteiger partial charge in [0, 0.05) is 11.8 Å². The monoisotopic (exact) mass is 300 g/mol. The quantitative estimate of drug-likeness (QED) is 0.522. The van der Waals surface area contributed by atoms with Gasteiger partial charge in [0.1, 0.15) is 5.82 Å². The summed E-state index contributed by atoms with van der Waals surface area (Å²) in [6.07, 6.45) is 2.44. The van der Waals surface area contributed by atoms with Gasteiger partial charge in [0.25, 0.3) is 5.91 Å². The molecule has 1 N–H and O–H groups in total. The van der Waals surface area contributed by atoms with Crippen LogP contribution in [0.1, 0.15) is 22.3 Å². The molecule has 6 heteroatoms. The lowest BCUT2D eigenvalue weighted by Gasteiger charge is -2.04. The lowest BCUT2D eigenvalue weighted by molar-refractivity contribution is -0.134. The topological polar surface area (TPSA) is 76.1 Å². The van der Waals surface area contributed by atoms with E-state index in [0.717, 1.165) is 17.7 Å². The van der Waals surface area contributed by atoms with Gasteiger partial charge in [-0.15, -0.1) is 0 Å². The number of halogens is 1. The van der Waals surface area contributed by atoms with Crippen molar-refractivity contribution in [3.05, 3.63) is 59.7 Å². The van der Waals surface area contributed by atoms with E-state index in [1.807, 2.05) is 0 Å². The first-order chi connectivity index (χ1) is 10.5. The summed E-state index contributed by atoms with van der Waals surface area (Å²) in [5.41, 5.74) is 1.39. The zero-order valence-corrected chi connectivity index (χ0v) is 11.8. The Kier molecular flexibility index (Phi) is 4.73. The maximum absolute atomic E-state index is 12.8. The fourth-order valence-corrected chi connectivity index (χ4v) is 1.79. The lowest BCUT2D eigenvalue weighted by atomic mass is 10.1. The maximum Gasteiger partial charge on any atom is 0.292 e. The average molecular weight is 300 g/mol. The highest BCUT2D eigenvalue weighted by Crippen LogP contribution is 2.09. The number of anilines is 1. The number of rotatable bonds is 5. The summed E-state index contributed by atoms with van der Waals surface area (Å²) < 4.78 is 12.8. The van der Waals surface area contributed by atoms with Crippen molar-refractivity contribution in [3.63, 3.8) is 0 Å². The molecule has 0 aliphatic heterocycles. The van der Waals surface area contributed by atoms with Crippen molar-refractivity contribution >= 4 is 23.2 Å². The standard InChI is InChI=1S/C16H13FN2O3/c1-10-6-13(9-18-8-10)19-16(22)15(21)7-14(20)11-2-4-12(17)5-3-11/h2-6,8-9H,7H2,1H3,(H,19,22). The van der Waals surface area contributed by atoms with Crippen LogP contribution < -0.4 is 5.32 Å². The molecule has 5 nitrogen and oxygen atoms in total. The predicted octanol–water partition coefficient (Wildman–Crippen LogP) is 2.31. The van der Waals surface area contributed by atoms with Crippen molar-refractivity contribution in [2.45, 2.75) is 13.3 Å². The Morgan fingerprint density at radius 2 is 1.82 bits per heavy atom. The van der Waals surface area contributed by atoms with E-state index < -0.39 is 29.7 Å². The molecule has 1 heterocycles. The molecule has 1 aromatic heterocycles. The van der Waals surface area contributed by atoms with Crippen LogP contribution in [0, 0.1) is 12.7 Å². The van der Waals surface area contributed by atoms with Gasteiger partial charge in [-0.2, -0.15) is 0 Å². The molecular weight excluding hydrogens is 287 g/mol. The molecule has 0 spiro atoms. The summed E-state index contributed by atoms with van der Waals surface area (Å²) in [6.45, 7) is 1.79. The summed E-state index contributed by atoms with van der Waals surface area (Å²) in [5.74, 6) is -2.77. The number of aryl methyl sites for hydroxylation is 1. The third-order valence-corrected chi connectivity index (χ3v) is 2.87. The largest absolute Gasteiger partial charge is 0.318 e. The Hall–Kier alpha value is -2.89. The van der Waals surface area contributed by atoms with E-state index in [0.29, 0.717) is 5.69 Å². The number of amides is 1. The molecule has 22 heavy (non-hydrogen) atoms. The molecule has 0 aliphatic carbocycles. The second kappa shape index (κ2) is 6.71. The van der Waals surface area contributed by atoms with E-state index in [4.69, 9.17) is 0 Å². The number of ketones is 2. The van der Waals surface area contributed by atoms with E-state index in [-0.39, 0.29) is 5.56 Å². The van der Waals surface area contributed by atoms with Gasteiger partial charge in [0.05, 0.1) is 18.3 Å². The SMILES string of the molecule is Cc1cncc(NC(=O)C(=O)CC(=O)c2ccc(F)cc2)c1. The molecule has 1 aromatic carbocycles. The highest BCUT2D eigenvalue weighted by atomic mass is 19.1. The Morgan fingerprint density at radius 3 is 2.45 bits per heavy atom. The van der Waals surface area contributed by atoms with Crippen molar-refractivity contribution in [2.75, 3.05) is 5.32 Å². The molecule has 2 aromatic rings. The summed E-state index contributed by atoms with van der Waals surface area (Å²) in [6, 6.07) is 6.44. The van der Waals surface area contributed by atoms with Gasteiger partial charge in [0.15, 0.2) is 5.78 Å². The number of carbonyl (C=O) groups excluding carboxylic acids is 3. The summed E-state index contributed by atoms with van der Waals surface area (Å²) >= 11 is 0. The Balaban J connectivity index is 1.98. The van der Waals surface area contributed by atoms with Crippen molar-refractivity contribution in [1.82, 2.24) is 4.98 Å². The Labute approximate surface area is 126 Å². The van der Waals surface area contributed by atoms with Crippen molar-refractivity contribution in [1.29, 1.82) is 0 Å². The van der Waals surface area contributed by atoms with Gasteiger partial charge in [-0.1, -0.05) is 0 Å². The fourth-order valence-electron chi connectivity index (χ4n) is 1.79. The van der Waals surface area contributed by atoms with Gasteiger partial charge in [-0.25, -0.2) is 4.39 Å². The van der Waals surface area contributed by atoms with Crippen LogP contribution in [0.2, 0.25) is 0 Å². The number of hydrogen-bond acceptors (Lipinski definition) is 4. The minimum absolute atomic E-state index is 0.180. The van der Waals surface area contributed by atoms with Crippen LogP contribution in [-0.2, 0) is 9.59 Å². The molecular formula is C16H13FN2O3. The van der Waals surface area contributed by atoms with Crippen LogP contribution in [0.5, 0.6) is 0 Å². The van der Waals surface area contributed by atoms with E-state index >= 15 is 0 Å². The molecule has 0 saturated carbocycles. The molecule has 0 atom stereocenters. The molecule has 112 valence electrons. The summed E-state index contributed by atoms with van der Waals surface area (Å²) in [4.78, 5) is 39.2. The van der Waals surface area contributed by atoms with Crippen molar-refractivity contribution in [3.8, 4) is 0 Å². The third-order valence-electron chi connectivity index (χ3n) is 2.87. The van der Waals surface area contributed by atoms with Crippen LogP contribution >= 0.6 is 0 Å². The molecule has 0 saturated heterocycles. The first-order valence-electron chi connectivity index (χ1n) is 6.50. The third kappa shape index (κ3) is 4.05. The highest BCUT2D eigenvalue weighted by molar-refractivity contribution is 6.44. The van der Waals surface area contributed by atoms with Gasteiger partial charge in [-0.3, -0.25) is 19.4 Å². The molecule has 0 radical (unpaired) electrons. The van der Waals surface area contributed by atoms with Crippen LogP contribution in [0.3, 0.4) is 0 Å². The number of benzene rings is 1. The van der Waals surface area contributed by atoms with Crippen molar-refractivity contribution in [2.24, 2.45) is 0 Å². The zero-order valence-electron chi connectivity index (χ0n) is 11.8. The molecule has 1 amide bonds. The second-order valence-corrected chi connectivity index (χ2v) is 4.74. The zero-order chi connectivity index (χ0) is 16.1. The van der Waals surface area contributed by atoms with Gasteiger partial charge in [-0.05, 0) is 42.8 Å². The first-order valence-corrected chi connectivity index (χ1v) is 6.50. The summed E-state index contributed by atoms with van der Waals surface area (Å²) in [5, 5.41) is 2.39. The number of nitrogens with one attached hydrogen (secondary N) is 1. The Bertz CT molecular complexity index is 726. The minimum atomic E-state index is -0.886. The number of aromatic nitrogens is 1. The van der Waals surface area contributed by atoms with E-state index in [1.165, 1.54) is 18.3 Å². The first kappa shape index (κ1) is 15.5. The number of nitrogens with zero attached hydrogens (tertiary/aromatic N) is 1. The predicted molar refractivity (Wildman–Crippen MR) is 78.0 cm³/mol. The van der Waals surface area contributed by atoms with E-state index in [1.54, 1.807) is 19.2 Å². The highest BCUT2D eigenvalue weighted by Gasteiger charge is 2.19. The second-order valence-electron chi connectivity index (χ2n) is 4.74. The van der Waals surface area contributed by atoms with Crippen molar-refractivity contribution < 1.29 is 18.8 Å². The van der Waals surface area contributed by atoms with Crippen LogP contribution in [0.25, 0.3) is 0 Å². The average Bonchev–Trinajstić information content (AvgIpc) is 2.47. The summed E-state index contributed by atoms with van der Waals surface area (Å²) in [7, 11) is 0. The van der Waals surface area contributed by atoms with Crippen LogP contribution in [0.15, 0.2) is 42.7 Å². The number of pyridine rings is 1. The normalized spacial score (nSPS) is 10.1. The number of carbonyl (C=O) groups is 3.